The maximum absolute atomic E-state index is 12.8. The quantitative estimate of drug-likeness (QED) is 0.0582. The smallest absolute Gasteiger partial charge is 0.408 e. The molecule has 296 valence electrons. The molecule has 0 saturated carbocycles. The molecule has 0 radical (unpaired) electrons. The van der Waals surface area contributed by atoms with Crippen LogP contribution in [0.2, 0.25) is 0 Å². The monoisotopic (exact) mass is 748 g/mol. The molecule has 15 heteroatoms. The minimum absolute atomic E-state index is 0.0682. The first kappa shape index (κ1) is 48.1. The number of unbranched alkanes of at least 4 members (excludes halogenated alkanes) is 4. The number of ketones is 1. The fourth-order valence-electron chi connectivity index (χ4n) is 4.28. The summed E-state index contributed by atoms with van der Waals surface area (Å²) in [6, 6.07) is -1.77. The van der Waals surface area contributed by atoms with Crippen molar-refractivity contribution < 1.29 is 57.6 Å². The molecule has 51 heavy (non-hydrogen) atoms. The molecule has 3 N–H and O–H groups in total. The Kier molecular flexibility index (Phi) is 23.7. The molecule has 0 rings (SSSR count). The highest BCUT2D eigenvalue weighted by Crippen LogP contribution is 2.16. The Balaban J connectivity index is 4.54. The van der Waals surface area contributed by atoms with Crippen LogP contribution in [0.4, 0.5) is 4.79 Å². The third kappa shape index (κ3) is 30.4. The maximum atomic E-state index is 12.8. The lowest BCUT2D eigenvalue weighted by molar-refractivity contribution is -0.159. The van der Waals surface area contributed by atoms with Gasteiger partial charge in [0.1, 0.15) is 41.3 Å². The van der Waals surface area contributed by atoms with Crippen LogP contribution in [0, 0.1) is 0 Å². The van der Waals surface area contributed by atoms with Crippen molar-refractivity contribution >= 4 is 47.5 Å². The number of ether oxygens (including phenoxy) is 5. The van der Waals surface area contributed by atoms with Gasteiger partial charge < -0.3 is 39.4 Å². The Morgan fingerprint density at radius 2 is 1.16 bits per heavy atom. The van der Waals surface area contributed by atoms with E-state index in [-0.39, 0.29) is 50.6 Å². The van der Waals surface area contributed by atoms with Gasteiger partial charge in [-0.2, -0.15) is 11.8 Å². The molecule has 0 aromatic heterocycles. The van der Waals surface area contributed by atoms with Crippen molar-refractivity contribution in [1.29, 1.82) is 0 Å². The third-order valence-corrected chi connectivity index (χ3v) is 7.59. The first-order valence-electron chi connectivity index (χ1n) is 17.8. The number of carboxylic acids is 1. The molecule has 0 aliphatic heterocycles. The van der Waals surface area contributed by atoms with E-state index < -0.39 is 59.5 Å². The summed E-state index contributed by atoms with van der Waals surface area (Å²) in [7, 11) is 0. The van der Waals surface area contributed by atoms with Crippen LogP contribution in [-0.4, -0.2) is 108 Å². The molecule has 2 amide bonds. The van der Waals surface area contributed by atoms with Crippen LogP contribution in [0.3, 0.4) is 0 Å². The lowest BCUT2D eigenvalue weighted by atomic mass is 10.0. The number of hydrogen-bond acceptors (Lipinski definition) is 12. The molecule has 0 aliphatic rings. The van der Waals surface area contributed by atoms with E-state index in [9.17, 15) is 28.8 Å². The maximum Gasteiger partial charge on any atom is 0.408 e. The number of carboxylic acid groups (broad SMARTS) is 1. The van der Waals surface area contributed by atoms with Crippen molar-refractivity contribution in [2.75, 3.05) is 37.9 Å². The summed E-state index contributed by atoms with van der Waals surface area (Å²) in [6.07, 6.45) is 4.70. The van der Waals surface area contributed by atoms with Crippen LogP contribution >= 0.6 is 11.8 Å². The van der Waals surface area contributed by atoms with Crippen molar-refractivity contribution in [3.63, 3.8) is 0 Å². The molecule has 2 unspecified atom stereocenters. The van der Waals surface area contributed by atoms with Gasteiger partial charge in [-0.15, -0.1) is 0 Å². The highest BCUT2D eigenvalue weighted by Gasteiger charge is 2.29. The number of Topliss-reactive ketones (excluding diaryl/α,β-unsaturated/α-hetero) is 1. The van der Waals surface area contributed by atoms with Gasteiger partial charge in [0.2, 0.25) is 5.91 Å². The van der Waals surface area contributed by atoms with Crippen LogP contribution in [0.5, 0.6) is 0 Å². The number of rotatable bonds is 26. The van der Waals surface area contributed by atoms with Gasteiger partial charge in [0.25, 0.3) is 0 Å². The number of aliphatic carboxylic acids is 1. The Bertz CT molecular complexity index is 1080. The highest BCUT2D eigenvalue weighted by atomic mass is 32.2. The number of carbonyl (C=O) groups excluding carboxylic acids is 5. The van der Waals surface area contributed by atoms with Gasteiger partial charge in [-0.3, -0.25) is 9.59 Å². The fourth-order valence-corrected chi connectivity index (χ4v) is 5.31. The van der Waals surface area contributed by atoms with Gasteiger partial charge in [0.15, 0.2) is 0 Å². The number of thioether (sulfide) groups is 1. The Morgan fingerprint density at radius 3 is 1.75 bits per heavy atom. The molecule has 0 bridgehead atoms. The molecule has 0 fully saturated rings. The predicted molar refractivity (Wildman–Crippen MR) is 195 cm³/mol. The summed E-state index contributed by atoms with van der Waals surface area (Å²) in [6.45, 7) is 16.1. The molecule has 2 atom stereocenters. The van der Waals surface area contributed by atoms with E-state index in [1.807, 2.05) is 0 Å². The summed E-state index contributed by atoms with van der Waals surface area (Å²) < 4.78 is 26.5. The van der Waals surface area contributed by atoms with E-state index in [1.165, 1.54) is 0 Å². The second-order valence-corrected chi connectivity index (χ2v) is 16.4. The molecular weight excluding hydrogens is 684 g/mol. The third-order valence-electron chi connectivity index (χ3n) is 6.44. The van der Waals surface area contributed by atoms with Gasteiger partial charge in [-0.05, 0) is 93.7 Å². The molecule has 0 spiro atoms. The Hall–Kier alpha value is -2.91. The van der Waals surface area contributed by atoms with E-state index in [4.69, 9.17) is 28.8 Å². The van der Waals surface area contributed by atoms with Gasteiger partial charge >= 0.3 is 24.0 Å². The molecule has 14 nitrogen and oxygen atoms in total. The molecule has 0 aromatic rings. The normalized spacial score (nSPS) is 13.1. The number of esters is 2. The summed E-state index contributed by atoms with van der Waals surface area (Å²) in [5.74, 6) is -1.37. The van der Waals surface area contributed by atoms with E-state index in [1.54, 1.807) is 74.1 Å². The molecule has 0 aromatic carbocycles. The first-order chi connectivity index (χ1) is 23.6. The van der Waals surface area contributed by atoms with Crippen molar-refractivity contribution in [2.45, 2.75) is 155 Å². The van der Waals surface area contributed by atoms with Crippen LogP contribution < -0.4 is 10.6 Å². The van der Waals surface area contributed by atoms with E-state index in [0.717, 1.165) is 31.4 Å². The minimum atomic E-state index is -1.05. The lowest BCUT2D eigenvalue weighted by Crippen LogP contribution is -2.47. The zero-order chi connectivity index (χ0) is 39.1. The summed E-state index contributed by atoms with van der Waals surface area (Å²) in [5.41, 5.74) is -2.14. The second kappa shape index (κ2) is 25.1. The second-order valence-electron chi connectivity index (χ2n) is 15.2. The van der Waals surface area contributed by atoms with Gasteiger partial charge in [-0.1, -0.05) is 19.3 Å². The van der Waals surface area contributed by atoms with Crippen LogP contribution in [0.25, 0.3) is 0 Å². The predicted octanol–water partition coefficient (Wildman–Crippen LogP) is 5.37. The van der Waals surface area contributed by atoms with Crippen LogP contribution in [0.15, 0.2) is 0 Å². The van der Waals surface area contributed by atoms with Crippen molar-refractivity contribution in [2.24, 2.45) is 0 Å². The molecule has 0 aliphatic carbocycles. The summed E-state index contributed by atoms with van der Waals surface area (Å²) in [4.78, 5) is 73.3. The van der Waals surface area contributed by atoms with Gasteiger partial charge in [0, 0.05) is 31.6 Å². The van der Waals surface area contributed by atoms with E-state index in [0.29, 0.717) is 25.2 Å². The Labute approximate surface area is 308 Å². The highest BCUT2D eigenvalue weighted by molar-refractivity contribution is 7.99. The van der Waals surface area contributed by atoms with Crippen LogP contribution in [0.1, 0.15) is 127 Å². The standard InChI is InChI=1S/C36H64N2O12S/c1-34(2,3)48-31(43)27(19-18-26(39)16-15-20-46-21-22-47-24-30(41)42)37-29(40)17-13-11-10-12-14-23-51-25-28(32(44)49-35(4,5)6)38-33(45)50-36(7,8)9/h27-28H,10-25H2,1-9H3,(H,37,40)(H,38,45)(H,41,42). The molecule has 0 saturated heterocycles. The minimum Gasteiger partial charge on any atom is -0.480 e. The van der Waals surface area contributed by atoms with Crippen molar-refractivity contribution in [1.82, 2.24) is 10.6 Å². The van der Waals surface area contributed by atoms with E-state index >= 15 is 0 Å². The summed E-state index contributed by atoms with van der Waals surface area (Å²) in [5, 5.41) is 13.9. The number of nitrogens with one attached hydrogen (secondary N) is 2. The Morgan fingerprint density at radius 1 is 0.608 bits per heavy atom. The number of alkyl carbamates (subject to hydrolysis) is 1. The summed E-state index contributed by atoms with van der Waals surface area (Å²) >= 11 is 1.54. The zero-order valence-electron chi connectivity index (χ0n) is 32.3. The average molecular weight is 749 g/mol. The SMILES string of the molecule is CC(C)(C)OC(=O)NC(CSCCCCCCCC(=O)NC(CCC(=O)CCCOCCOCC(=O)O)C(=O)OC(C)(C)C)C(=O)OC(C)(C)C. The fraction of sp³-hybridized carbons (Fsp3) is 0.833. The lowest BCUT2D eigenvalue weighted by Gasteiger charge is -2.26. The van der Waals surface area contributed by atoms with Gasteiger partial charge in [0.05, 0.1) is 13.2 Å². The van der Waals surface area contributed by atoms with Crippen molar-refractivity contribution in [3.8, 4) is 0 Å². The number of amides is 2. The number of hydrogen-bond donors (Lipinski definition) is 3. The molecular formula is C36H64N2O12S. The average Bonchev–Trinajstić information content (AvgIpc) is 2.96. The largest absolute Gasteiger partial charge is 0.480 e. The van der Waals surface area contributed by atoms with E-state index in [2.05, 4.69) is 10.6 Å². The molecule has 0 heterocycles. The van der Waals surface area contributed by atoms with Gasteiger partial charge in [-0.25, -0.2) is 19.2 Å². The van der Waals surface area contributed by atoms with Crippen molar-refractivity contribution in [3.05, 3.63) is 0 Å². The van der Waals surface area contributed by atoms with Crippen LogP contribution in [-0.2, 0) is 47.7 Å². The zero-order valence-corrected chi connectivity index (χ0v) is 33.1. The topological polar surface area (TPSA) is 193 Å². The first-order valence-corrected chi connectivity index (χ1v) is 18.9. The number of carbonyl (C=O) groups is 6.